The molecule has 1 aliphatic rings. The maximum absolute atomic E-state index is 11.8. The Hall–Kier alpha value is -1.55. The zero-order valence-corrected chi connectivity index (χ0v) is 13.6. The fourth-order valence-corrected chi connectivity index (χ4v) is 2.68. The largest absolute Gasteiger partial charge is 0.369 e. The van der Waals surface area contributed by atoms with Crippen LogP contribution in [0, 0.1) is 12.8 Å². The molecule has 0 aliphatic carbocycles. The molecule has 1 aliphatic heterocycles. The third kappa shape index (κ3) is 3.97. The van der Waals surface area contributed by atoms with Gasteiger partial charge in [-0.25, -0.2) is 0 Å². The van der Waals surface area contributed by atoms with E-state index >= 15 is 0 Å². The zero-order valence-electron chi connectivity index (χ0n) is 13.6. The van der Waals surface area contributed by atoms with Crippen LogP contribution in [0.1, 0.15) is 26.3 Å². The summed E-state index contributed by atoms with van der Waals surface area (Å²) < 4.78 is 0. The monoisotopic (exact) mass is 289 g/mol. The average Bonchev–Trinajstić information content (AvgIpc) is 2.47. The van der Waals surface area contributed by atoms with Gasteiger partial charge in [0.1, 0.15) is 0 Å². The summed E-state index contributed by atoms with van der Waals surface area (Å²) in [5.74, 6) is 0.0748. The van der Waals surface area contributed by atoms with Crippen LogP contribution in [0.25, 0.3) is 0 Å². The second-order valence-corrected chi connectivity index (χ2v) is 6.07. The van der Waals surface area contributed by atoms with E-state index in [1.165, 1.54) is 11.3 Å². The van der Waals surface area contributed by atoms with Crippen LogP contribution in [-0.4, -0.2) is 43.5 Å². The molecule has 4 nitrogen and oxygen atoms in total. The van der Waals surface area contributed by atoms with Crippen LogP contribution in [0.4, 0.5) is 11.4 Å². The highest BCUT2D eigenvalue weighted by atomic mass is 16.1. The predicted octanol–water partition coefficient (Wildman–Crippen LogP) is 2.73. The first-order chi connectivity index (χ1) is 10.0. The SMILES string of the molecule is CCN1CCN(c2ccc(NC(=O)C(C)C)cc2C)CC1. The Morgan fingerprint density at radius 1 is 1.24 bits per heavy atom. The molecule has 0 radical (unpaired) electrons. The molecule has 116 valence electrons. The van der Waals surface area contributed by atoms with Gasteiger partial charge in [0.15, 0.2) is 0 Å². The van der Waals surface area contributed by atoms with Gasteiger partial charge in [0.25, 0.3) is 0 Å². The molecule has 0 atom stereocenters. The van der Waals surface area contributed by atoms with Crippen molar-refractivity contribution >= 4 is 17.3 Å². The molecule has 1 fully saturated rings. The minimum absolute atomic E-state index is 0.00658. The van der Waals surface area contributed by atoms with E-state index in [0.29, 0.717) is 0 Å². The normalized spacial score (nSPS) is 16.3. The highest BCUT2D eigenvalue weighted by Crippen LogP contribution is 2.25. The van der Waals surface area contributed by atoms with E-state index in [-0.39, 0.29) is 11.8 Å². The lowest BCUT2D eigenvalue weighted by molar-refractivity contribution is -0.118. The van der Waals surface area contributed by atoms with Crippen LogP contribution in [0.15, 0.2) is 18.2 Å². The van der Waals surface area contributed by atoms with Gasteiger partial charge < -0.3 is 15.1 Å². The number of hydrogen-bond acceptors (Lipinski definition) is 3. The first-order valence-corrected chi connectivity index (χ1v) is 7.90. The van der Waals surface area contributed by atoms with Crippen molar-refractivity contribution in [3.8, 4) is 0 Å². The Balaban J connectivity index is 2.04. The molecule has 0 bridgehead atoms. The third-order valence-corrected chi connectivity index (χ3v) is 4.15. The zero-order chi connectivity index (χ0) is 15.4. The first kappa shape index (κ1) is 15.8. The molecule has 0 unspecified atom stereocenters. The quantitative estimate of drug-likeness (QED) is 0.926. The molecular weight excluding hydrogens is 262 g/mol. The molecule has 0 aromatic heterocycles. The highest BCUT2D eigenvalue weighted by Gasteiger charge is 2.17. The van der Waals surface area contributed by atoms with Gasteiger partial charge in [-0.3, -0.25) is 4.79 Å². The molecule has 4 heteroatoms. The Kier molecular flexibility index (Phi) is 5.23. The highest BCUT2D eigenvalue weighted by molar-refractivity contribution is 5.92. The van der Waals surface area contributed by atoms with Gasteiger partial charge >= 0.3 is 0 Å². The van der Waals surface area contributed by atoms with E-state index in [9.17, 15) is 4.79 Å². The summed E-state index contributed by atoms with van der Waals surface area (Å²) in [5, 5.41) is 2.96. The summed E-state index contributed by atoms with van der Waals surface area (Å²) in [7, 11) is 0. The fraction of sp³-hybridized carbons (Fsp3) is 0.588. The third-order valence-electron chi connectivity index (χ3n) is 4.15. The summed E-state index contributed by atoms with van der Waals surface area (Å²) in [6, 6.07) is 6.21. The molecule has 0 saturated carbocycles. The van der Waals surface area contributed by atoms with Crippen molar-refractivity contribution < 1.29 is 4.79 Å². The molecule has 1 aromatic rings. The number of hydrogen-bond donors (Lipinski definition) is 1. The van der Waals surface area contributed by atoms with Gasteiger partial charge in [-0.2, -0.15) is 0 Å². The van der Waals surface area contributed by atoms with Crippen molar-refractivity contribution in [1.29, 1.82) is 0 Å². The lowest BCUT2D eigenvalue weighted by Crippen LogP contribution is -2.46. The second kappa shape index (κ2) is 6.94. The summed E-state index contributed by atoms with van der Waals surface area (Å²) in [6.07, 6.45) is 0. The number of aryl methyl sites for hydroxylation is 1. The number of amides is 1. The number of carbonyl (C=O) groups is 1. The standard InChI is InChI=1S/C17H27N3O/c1-5-19-8-10-20(11-9-19)16-7-6-15(12-14(16)4)18-17(21)13(2)3/h6-7,12-13H,5,8-11H2,1-4H3,(H,18,21). The van der Waals surface area contributed by atoms with E-state index in [0.717, 1.165) is 38.4 Å². The molecule has 0 spiro atoms. The van der Waals surface area contributed by atoms with Crippen molar-refractivity contribution in [2.45, 2.75) is 27.7 Å². The molecule has 21 heavy (non-hydrogen) atoms. The van der Waals surface area contributed by atoms with Crippen molar-refractivity contribution in [3.05, 3.63) is 23.8 Å². The van der Waals surface area contributed by atoms with Crippen LogP contribution in [0.2, 0.25) is 0 Å². The summed E-state index contributed by atoms with van der Waals surface area (Å²) in [5.41, 5.74) is 3.40. The number of rotatable bonds is 4. The number of likely N-dealkylation sites (N-methyl/N-ethyl adjacent to an activating group) is 1. The Morgan fingerprint density at radius 2 is 1.90 bits per heavy atom. The van der Waals surface area contributed by atoms with Crippen LogP contribution in [0.5, 0.6) is 0 Å². The number of piperazine rings is 1. The minimum Gasteiger partial charge on any atom is -0.369 e. The van der Waals surface area contributed by atoms with Crippen molar-refractivity contribution in [2.75, 3.05) is 42.9 Å². The molecule has 1 amide bonds. The molecule has 1 N–H and O–H groups in total. The van der Waals surface area contributed by atoms with E-state index in [4.69, 9.17) is 0 Å². The molecular formula is C17H27N3O. The predicted molar refractivity (Wildman–Crippen MR) is 89.0 cm³/mol. The van der Waals surface area contributed by atoms with E-state index in [2.05, 4.69) is 41.1 Å². The Bertz CT molecular complexity index is 491. The van der Waals surface area contributed by atoms with Gasteiger partial charge in [0.05, 0.1) is 0 Å². The van der Waals surface area contributed by atoms with Gasteiger partial charge in [-0.15, -0.1) is 0 Å². The fourth-order valence-electron chi connectivity index (χ4n) is 2.68. The summed E-state index contributed by atoms with van der Waals surface area (Å²) in [6.45, 7) is 13.7. The van der Waals surface area contributed by atoms with Crippen LogP contribution >= 0.6 is 0 Å². The second-order valence-electron chi connectivity index (χ2n) is 6.07. The van der Waals surface area contributed by atoms with E-state index < -0.39 is 0 Å². The van der Waals surface area contributed by atoms with Gasteiger partial charge in [0, 0.05) is 43.5 Å². The average molecular weight is 289 g/mol. The lowest BCUT2D eigenvalue weighted by atomic mass is 10.1. The number of nitrogens with zero attached hydrogens (tertiary/aromatic N) is 2. The van der Waals surface area contributed by atoms with Crippen molar-refractivity contribution in [1.82, 2.24) is 4.90 Å². The maximum atomic E-state index is 11.8. The summed E-state index contributed by atoms with van der Waals surface area (Å²) >= 11 is 0. The number of anilines is 2. The number of benzene rings is 1. The van der Waals surface area contributed by atoms with Crippen molar-refractivity contribution in [3.63, 3.8) is 0 Å². The van der Waals surface area contributed by atoms with Gasteiger partial charge in [0.2, 0.25) is 5.91 Å². The molecule has 1 heterocycles. The number of carbonyl (C=O) groups excluding carboxylic acids is 1. The number of nitrogens with one attached hydrogen (secondary N) is 1. The van der Waals surface area contributed by atoms with Crippen LogP contribution < -0.4 is 10.2 Å². The van der Waals surface area contributed by atoms with Crippen LogP contribution in [-0.2, 0) is 4.79 Å². The topological polar surface area (TPSA) is 35.6 Å². The van der Waals surface area contributed by atoms with E-state index in [1.807, 2.05) is 19.9 Å². The minimum atomic E-state index is 0.00658. The van der Waals surface area contributed by atoms with Gasteiger partial charge in [-0.1, -0.05) is 20.8 Å². The molecule has 2 rings (SSSR count). The maximum Gasteiger partial charge on any atom is 0.226 e. The molecule has 1 aromatic carbocycles. The van der Waals surface area contributed by atoms with Gasteiger partial charge in [-0.05, 0) is 37.2 Å². The van der Waals surface area contributed by atoms with Crippen molar-refractivity contribution in [2.24, 2.45) is 5.92 Å². The molecule has 1 saturated heterocycles. The Labute approximate surface area is 128 Å². The Morgan fingerprint density at radius 3 is 2.43 bits per heavy atom. The summed E-state index contributed by atoms with van der Waals surface area (Å²) in [4.78, 5) is 16.7. The lowest BCUT2D eigenvalue weighted by Gasteiger charge is -2.36. The smallest absolute Gasteiger partial charge is 0.226 e. The van der Waals surface area contributed by atoms with Crippen LogP contribution in [0.3, 0.4) is 0 Å². The van der Waals surface area contributed by atoms with E-state index in [1.54, 1.807) is 0 Å². The first-order valence-electron chi connectivity index (χ1n) is 7.90.